The lowest BCUT2D eigenvalue weighted by Crippen LogP contribution is -2.35. The maximum absolute atomic E-state index is 11.5. The number of carbonyl (C=O) groups excluding carboxylic acids is 2. The lowest BCUT2D eigenvalue weighted by molar-refractivity contribution is -0.129. The molecular weight excluding hydrogens is 296 g/mol. The van der Waals surface area contributed by atoms with Crippen molar-refractivity contribution in [1.29, 1.82) is 0 Å². The number of nitrogens with zero attached hydrogens (tertiary/aromatic N) is 1. The van der Waals surface area contributed by atoms with Gasteiger partial charge < -0.3 is 9.47 Å². The molecule has 1 saturated heterocycles. The summed E-state index contributed by atoms with van der Waals surface area (Å²) in [6.45, 7) is 1.29. The first-order valence-electron chi connectivity index (χ1n) is 6.45. The summed E-state index contributed by atoms with van der Waals surface area (Å²) in [4.78, 5) is 23.0. The monoisotopic (exact) mass is 314 g/mol. The topological polar surface area (TPSA) is 67.9 Å². The van der Waals surface area contributed by atoms with Gasteiger partial charge in [-0.3, -0.25) is 9.80 Å². The third-order valence-corrected chi connectivity index (χ3v) is 3.24. The normalized spacial score (nSPS) is 13.8. The van der Waals surface area contributed by atoms with E-state index in [1.807, 2.05) is 6.07 Å². The van der Waals surface area contributed by atoms with Crippen molar-refractivity contribution >= 4 is 24.3 Å². The molecule has 7 heteroatoms. The Morgan fingerprint density at radius 1 is 1.38 bits per heavy atom. The molecule has 1 amide bonds. The van der Waals surface area contributed by atoms with Crippen molar-refractivity contribution in [2.75, 3.05) is 27.3 Å². The predicted octanol–water partition coefficient (Wildman–Crippen LogP) is 1.18. The Labute approximate surface area is 129 Å². The van der Waals surface area contributed by atoms with Gasteiger partial charge in [-0.05, 0) is 24.1 Å². The van der Waals surface area contributed by atoms with E-state index >= 15 is 0 Å². The molecule has 1 aliphatic heterocycles. The van der Waals surface area contributed by atoms with Gasteiger partial charge >= 0.3 is 5.97 Å². The molecule has 2 rings (SSSR count). The zero-order valence-corrected chi connectivity index (χ0v) is 12.9. The Morgan fingerprint density at radius 2 is 2.14 bits per heavy atom. The van der Waals surface area contributed by atoms with E-state index in [0.717, 1.165) is 5.56 Å². The number of nitrogens with one attached hydrogen (secondary N) is 1. The van der Waals surface area contributed by atoms with E-state index in [1.54, 1.807) is 17.1 Å². The van der Waals surface area contributed by atoms with Crippen molar-refractivity contribution in [2.24, 2.45) is 0 Å². The summed E-state index contributed by atoms with van der Waals surface area (Å²) in [5.74, 6) is 0.169. The first-order valence-corrected chi connectivity index (χ1v) is 6.45. The summed E-state index contributed by atoms with van der Waals surface area (Å²) in [7, 11) is 2.84. The van der Waals surface area contributed by atoms with E-state index in [1.165, 1.54) is 14.2 Å². The van der Waals surface area contributed by atoms with Crippen LogP contribution in [0.5, 0.6) is 5.75 Å². The second-order valence-electron chi connectivity index (χ2n) is 4.48. The first-order chi connectivity index (χ1) is 9.65. The van der Waals surface area contributed by atoms with E-state index in [2.05, 4.69) is 5.43 Å². The molecule has 0 spiro atoms. The van der Waals surface area contributed by atoms with Gasteiger partial charge in [0.25, 0.3) is 0 Å². The minimum atomic E-state index is -0.426. The van der Waals surface area contributed by atoms with Crippen molar-refractivity contribution in [1.82, 2.24) is 10.4 Å². The Balaban J connectivity index is 0.00000220. The van der Waals surface area contributed by atoms with Gasteiger partial charge in [0.15, 0.2) is 0 Å². The average Bonchev–Trinajstić information content (AvgIpc) is 2.89. The molecule has 21 heavy (non-hydrogen) atoms. The average molecular weight is 315 g/mol. The number of carbonyl (C=O) groups is 2. The van der Waals surface area contributed by atoms with Crippen LogP contribution in [-0.4, -0.2) is 44.2 Å². The number of methoxy groups -OCH3 is 2. The highest BCUT2D eigenvalue weighted by Crippen LogP contribution is 2.21. The van der Waals surface area contributed by atoms with Gasteiger partial charge in [-0.25, -0.2) is 10.2 Å². The van der Waals surface area contributed by atoms with Crippen LogP contribution in [0.4, 0.5) is 0 Å². The third kappa shape index (κ3) is 4.09. The molecule has 0 atom stereocenters. The second kappa shape index (κ2) is 7.85. The third-order valence-electron chi connectivity index (χ3n) is 3.24. The zero-order valence-electron chi connectivity index (χ0n) is 12.0. The van der Waals surface area contributed by atoms with E-state index in [0.29, 0.717) is 37.2 Å². The minimum absolute atomic E-state index is 0. The van der Waals surface area contributed by atoms with Crippen molar-refractivity contribution in [3.8, 4) is 5.75 Å². The smallest absolute Gasteiger partial charge is 0.341 e. The number of hydrogen-bond donors (Lipinski definition) is 1. The molecule has 1 N–H and O–H groups in total. The molecule has 0 aromatic heterocycles. The van der Waals surface area contributed by atoms with Crippen LogP contribution in [0.2, 0.25) is 0 Å². The molecule has 1 fully saturated rings. The maximum Gasteiger partial charge on any atom is 0.341 e. The maximum atomic E-state index is 11.5. The molecule has 0 aliphatic carbocycles. The Hall–Kier alpha value is -1.79. The Bertz CT molecular complexity index is 522. The Kier molecular flexibility index (Phi) is 6.45. The molecule has 1 aromatic carbocycles. The van der Waals surface area contributed by atoms with Crippen LogP contribution in [0.25, 0.3) is 0 Å². The van der Waals surface area contributed by atoms with Crippen LogP contribution in [0, 0.1) is 0 Å². The minimum Gasteiger partial charge on any atom is -0.496 e. The number of ether oxygens (including phenoxy) is 2. The number of rotatable bonds is 5. The van der Waals surface area contributed by atoms with Gasteiger partial charge in [0.05, 0.1) is 14.2 Å². The van der Waals surface area contributed by atoms with Gasteiger partial charge in [0.1, 0.15) is 11.3 Å². The molecule has 0 saturated carbocycles. The molecule has 0 bridgehead atoms. The van der Waals surface area contributed by atoms with Crippen LogP contribution in [0.1, 0.15) is 22.3 Å². The number of benzene rings is 1. The number of esters is 1. The SMILES string of the molecule is COC(=O)c1ccc(CCN2NCCC2=O)cc1OC.Cl. The van der Waals surface area contributed by atoms with Crippen LogP contribution in [0.15, 0.2) is 18.2 Å². The van der Waals surface area contributed by atoms with Crippen LogP contribution < -0.4 is 10.2 Å². The van der Waals surface area contributed by atoms with Gasteiger partial charge in [-0.1, -0.05) is 6.07 Å². The Morgan fingerprint density at radius 3 is 2.71 bits per heavy atom. The molecule has 0 unspecified atom stereocenters. The predicted molar refractivity (Wildman–Crippen MR) is 79.6 cm³/mol. The summed E-state index contributed by atoms with van der Waals surface area (Å²) in [6, 6.07) is 5.32. The first kappa shape index (κ1) is 17.3. The van der Waals surface area contributed by atoms with Crippen molar-refractivity contribution in [3.63, 3.8) is 0 Å². The van der Waals surface area contributed by atoms with E-state index in [9.17, 15) is 9.59 Å². The fourth-order valence-electron chi connectivity index (χ4n) is 2.14. The number of hydrazine groups is 1. The van der Waals surface area contributed by atoms with Crippen molar-refractivity contribution < 1.29 is 19.1 Å². The summed E-state index contributed by atoms with van der Waals surface area (Å²) >= 11 is 0. The molecule has 1 aliphatic rings. The summed E-state index contributed by atoms with van der Waals surface area (Å²) in [5.41, 5.74) is 4.42. The highest BCUT2D eigenvalue weighted by Gasteiger charge is 2.19. The van der Waals surface area contributed by atoms with Gasteiger partial charge in [-0.2, -0.15) is 0 Å². The standard InChI is InChI=1S/C14H18N2O4.ClH/c1-19-12-9-10(3-4-11(12)14(18)20-2)6-8-16-13(17)5-7-15-16;/h3-4,9,15H,5-8H2,1-2H3;1H. The summed E-state index contributed by atoms with van der Waals surface area (Å²) in [5, 5.41) is 1.63. The number of amides is 1. The van der Waals surface area contributed by atoms with Gasteiger partial charge in [0.2, 0.25) is 5.91 Å². The molecule has 1 aromatic rings. The van der Waals surface area contributed by atoms with Crippen LogP contribution >= 0.6 is 12.4 Å². The highest BCUT2D eigenvalue weighted by atomic mass is 35.5. The second-order valence-corrected chi connectivity index (χ2v) is 4.48. The summed E-state index contributed by atoms with van der Waals surface area (Å²) < 4.78 is 9.90. The number of hydrogen-bond acceptors (Lipinski definition) is 5. The molecule has 116 valence electrons. The van der Waals surface area contributed by atoms with Crippen molar-refractivity contribution in [3.05, 3.63) is 29.3 Å². The lowest BCUT2D eigenvalue weighted by Gasteiger charge is -2.16. The zero-order chi connectivity index (χ0) is 14.5. The van der Waals surface area contributed by atoms with Gasteiger partial charge in [-0.15, -0.1) is 12.4 Å². The van der Waals surface area contributed by atoms with E-state index < -0.39 is 5.97 Å². The van der Waals surface area contributed by atoms with Crippen LogP contribution in [-0.2, 0) is 16.0 Å². The fraction of sp³-hybridized carbons (Fsp3) is 0.429. The summed E-state index contributed by atoms with van der Waals surface area (Å²) in [6.07, 6.45) is 1.24. The van der Waals surface area contributed by atoms with E-state index in [-0.39, 0.29) is 18.3 Å². The highest BCUT2D eigenvalue weighted by molar-refractivity contribution is 5.92. The van der Waals surface area contributed by atoms with E-state index in [4.69, 9.17) is 9.47 Å². The molecular formula is C14H19ClN2O4. The largest absolute Gasteiger partial charge is 0.496 e. The molecule has 6 nitrogen and oxygen atoms in total. The fourth-order valence-corrected chi connectivity index (χ4v) is 2.14. The molecule has 1 heterocycles. The quantitative estimate of drug-likeness (QED) is 0.827. The number of halogens is 1. The molecule has 0 radical (unpaired) electrons. The lowest BCUT2D eigenvalue weighted by atomic mass is 10.1. The van der Waals surface area contributed by atoms with Gasteiger partial charge in [0, 0.05) is 19.5 Å². The van der Waals surface area contributed by atoms with Crippen molar-refractivity contribution in [2.45, 2.75) is 12.8 Å². The van der Waals surface area contributed by atoms with Crippen LogP contribution in [0.3, 0.4) is 0 Å².